The topological polar surface area (TPSA) is 84.2 Å². The SMILES string of the molecule is CNC(=O)c1ccc(CNC(=O)CC2CCCCC2N)cc1.Cl. The fourth-order valence-electron chi connectivity index (χ4n) is 2.92. The number of halogens is 1. The first-order valence-corrected chi connectivity index (χ1v) is 7.93. The summed E-state index contributed by atoms with van der Waals surface area (Å²) >= 11 is 0. The molecule has 1 aliphatic carbocycles. The molecule has 0 saturated heterocycles. The third kappa shape index (κ3) is 5.84. The van der Waals surface area contributed by atoms with E-state index in [2.05, 4.69) is 10.6 Å². The first-order valence-electron chi connectivity index (χ1n) is 7.93. The molecule has 0 bridgehead atoms. The molecule has 23 heavy (non-hydrogen) atoms. The standard InChI is InChI=1S/C17H25N3O2.ClH/c1-19-17(22)13-8-6-12(7-9-13)11-20-16(21)10-14-4-2-3-5-15(14)18;/h6-9,14-15H,2-5,10-11,18H2,1H3,(H,19,22)(H,20,21);1H. The molecule has 1 aliphatic rings. The van der Waals surface area contributed by atoms with Gasteiger partial charge in [-0.1, -0.05) is 25.0 Å². The van der Waals surface area contributed by atoms with Gasteiger partial charge in [-0.25, -0.2) is 0 Å². The van der Waals surface area contributed by atoms with Crippen molar-refractivity contribution in [3.8, 4) is 0 Å². The fraction of sp³-hybridized carbons (Fsp3) is 0.529. The van der Waals surface area contributed by atoms with Gasteiger partial charge in [-0.05, 0) is 36.5 Å². The summed E-state index contributed by atoms with van der Waals surface area (Å²) < 4.78 is 0. The largest absolute Gasteiger partial charge is 0.355 e. The average molecular weight is 340 g/mol. The van der Waals surface area contributed by atoms with Crippen molar-refractivity contribution in [1.82, 2.24) is 10.6 Å². The Bertz CT molecular complexity index is 519. The number of carbonyl (C=O) groups excluding carboxylic acids is 2. The lowest BCUT2D eigenvalue weighted by molar-refractivity contribution is -0.122. The second-order valence-corrected chi connectivity index (χ2v) is 5.97. The van der Waals surface area contributed by atoms with Gasteiger partial charge in [0.05, 0.1) is 0 Å². The molecule has 1 aromatic carbocycles. The van der Waals surface area contributed by atoms with Gasteiger partial charge < -0.3 is 16.4 Å². The zero-order valence-electron chi connectivity index (χ0n) is 13.5. The number of rotatable bonds is 5. The van der Waals surface area contributed by atoms with E-state index >= 15 is 0 Å². The van der Waals surface area contributed by atoms with E-state index in [4.69, 9.17) is 5.73 Å². The molecule has 2 rings (SSSR count). The highest BCUT2D eigenvalue weighted by Gasteiger charge is 2.23. The van der Waals surface area contributed by atoms with E-state index in [0.717, 1.165) is 18.4 Å². The zero-order chi connectivity index (χ0) is 15.9. The van der Waals surface area contributed by atoms with Crippen molar-refractivity contribution in [2.45, 2.75) is 44.7 Å². The van der Waals surface area contributed by atoms with Gasteiger partial charge in [0.25, 0.3) is 5.91 Å². The Kier molecular flexibility index (Phi) is 8.06. The van der Waals surface area contributed by atoms with Crippen molar-refractivity contribution < 1.29 is 9.59 Å². The third-order valence-corrected chi connectivity index (χ3v) is 4.35. The Hall–Kier alpha value is -1.59. The maximum absolute atomic E-state index is 12.0. The van der Waals surface area contributed by atoms with Crippen LogP contribution in [0.3, 0.4) is 0 Å². The van der Waals surface area contributed by atoms with E-state index in [0.29, 0.717) is 24.4 Å². The van der Waals surface area contributed by atoms with E-state index in [1.165, 1.54) is 12.8 Å². The van der Waals surface area contributed by atoms with Gasteiger partial charge in [-0.3, -0.25) is 9.59 Å². The van der Waals surface area contributed by atoms with E-state index < -0.39 is 0 Å². The molecule has 6 heteroatoms. The monoisotopic (exact) mass is 339 g/mol. The molecule has 0 spiro atoms. The van der Waals surface area contributed by atoms with Gasteiger partial charge in [-0.2, -0.15) is 0 Å². The Morgan fingerprint density at radius 1 is 1.17 bits per heavy atom. The first kappa shape index (κ1) is 19.5. The van der Waals surface area contributed by atoms with Crippen molar-refractivity contribution in [2.24, 2.45) is 11.7 Å². The molecule has 0 aromatic heterocycles. The minimum absolute atomic E-state index is 0. The number of amides is 2. The van der Waals surface area contributed by atoms with Gasteiger partial charge in [0, 0.05) is 31.6 Å². The van der Waals surface area contributed by atoms with Crippen LogP contribution in [0.2, 0.25) is 0 Å². The molecular formula is C17H26ClN3O2. The Balaban J connectivity index is 0.00000264. The summed E-state index contributed by atoms with van der Waals surface area (Å²) in [4.78, 5) is 23.5. The zero-order valence-corrected chi connectivity index (χ0v) is 14.3. The fourth-order valence-corrected chi connectivity index (χ4v) is 2.92. The van der Waals surface area contributed by atoms with Gasteiger partial charge in [-0.15, -0.1) is 12.4 Å². The van der Waals surface area contributed by atoms with Crippen LogP contribution in [-0.4, -0.2) is 24.9 Å². The van der Waals surface area contributed by atoms with Gasteiger partial charge in [0.2, 0.25) is 5.91 Å². The van der Waals surface area contributed by atoms with Crippen molar-refractivity contribution in [3.05, 3.63) is 35.4 Å². The minimum Gasteiger partial charge on any atom is -0.355 e. The van der Waals surface area contributed by atoms with Gasteiger partial charge in [0.15, 0.2) is 0 Å². The molecule has 128 valence electrons. The summed E-state index contributed by atoms with van der Waals surface area (Å²) in [5.74, 6) is 0.254. The van der Waals surface area contributed by atoms with Crippen LogP contribution in [0.4, 0.5) is 0 Å². The van der Waals surface area contributed by atoms with Crippen LogP contribution in [-0.2, 0) is 11.3 Å². The van der Waals surface area contributed by atoms with Crippen LogP contribution in [0.15, 0.2) is 24.3 Å². The summed E-state index contributed by atoms with van der Waals surface area (Å²) in [6, 6.07) is 7.40. The van der Waals surface area contributed by atoms with Crippen LogP contribution in [0, 0.1) is 5.92 Å². The summed E-state index contributed by atoms with van der Waals surface area (Å²) in [7, 11) is 1.60. The van der Waals surface area contributed by atoms with E-state index in [-0.39, 0.29) is 30.3 Å². The Labute approximate surface area is 143 Å². The Morgan fingerprint density at radius 3 is 2.43 bits per heavy atom. The molecule has 5 nitrogen and oxygen atoms in total. The molecule has 2 atom stereocenters. The lowest BCUT2D eigenvalue weighted by Crippen LogP contribution is -2.37. The molecular weight excluding hydrogens is 314 g/mol. The maximum Gasteiger partial charge on any atom is 0.251 e. The summed E-state index contributed by atoms with van der Waals surface area (Å²) in [5, 5.41) is 5.51. The molecule has 0 aliphatic heterocycles. The normalized spacial score (nSPS) is 20.3. The quantitative estimate of drug-likeness (QED) is 0.767. The van der Waals surface area contributed by atoms with Crippen molar-refractivity contribution >= 4 is 24.2 Å². The summed E-state index contributed by atoms with van der Waals surface area (Å²) in [5.41, 5.74) is 7.67. The van der Waals surface area contributed by atoms with Crippen LogP contribution < -0.4 is 16.4 Å². The van der Waals surface area contributed by atoms with Crippen LogP contribution in [0.1, 0.15) is 48.0 Å². The lowest BCUT2D eigenvalue weighted by Gasteiger charge is -2.27. The van der Waals surface area contributed by atoms with E-state index in [1.54, 1.807) is 19.2 Å². The molecule has 2 amide bonds. The predicted molar refractivity (Wildman–Crippen MR) is 93.5 cm³/mol. The third-order valence-electron chi connectivity index (χ3n) is 4.35. The minimum atomic E-state index is -0.109. The van der Waals surface area contributed by atoms with Gasteiger partial charge in [0.1, 0.15) is 0 Å². The number of benzene rings is 1. The predicted octanol–water partition coefficient (Wildman–Crippen LogP) is 1.99. The summed E-state index contributed by atoms with van der Waals surface area (Å²) in [6.07, 6.45) is 4.94. The summed E-state index contributed by atoms with van der Waals surface area (Å²) in [6.45, 7) is 0.481. The van der Waals surface area contributed by atoms with E-state index in [1.807, 2.05) is 12.1 Å². The second kappa shape index (κ2) is 9.53. The number of hydrogen-bond donors (Lipinski definition) is 3. The Morgan fingerprint density at radius 2 is 1.83 bits per heavy atom. The first-order chi connectivity index (χ1) is 10.6. The number of hydrogen-bond acceptors (Lipinski definition) is 3. The van der Waals surface area contributed by atoms with Crippen LogP contribution in [0.25, 0.3) is 0 Å². The second-order valence-electron chi connectivity index (χ2n) is 5.97. The highest BCUT2D eigenvalue weighted by molar-refractivity contribution is 5.93. The molecule has 0 heterocycles. The molecule has 1 aromatic rings. The number of carbonyl (C=O) groups is 2. The molecule has 2 unspecified atom stereocenters. The number of nitrogens with one attached hydrogen (secondary N) is 2. The van der Waals surface area contributed by atoms with Crippen molar-refractivity contribution in [3.63, 3.8) is 0 Å². The lowest BCUT2D eigenvalue weighted by atomic mass is 9.83. The van der Waals surface area contributed by atoms with Crippen LogP contribution >= 0.6 is 12.4 Å². The molecule has 1 fully saturated rings. The van der Waals surface area contributed by atoms with E-state index in [9.17, 15) is 9.59 Å². The maximum atomic E-state index is 12.0. The average Bonchev–Trinajstić information content (AvgIpc) is 2.55. The highest BCUT2D eigenvalue weighted by atomic mass is 35.5. The van der Waals surface area contributed by atoms with Crippen LogP contribution in [0.5, 0.6) is 0 Å². The smallest absolute Gasteiger partial charge is 0.251 e. The molecule has 4 N–H and O–H groups in total. The van der Waals surface area contributed by atoms with Crippen molar-refractivity contribution in [1.29, 1.82) is 0 Å². The van der Waals surface area contributed by atoms with Gasteiger partial charge >= 0.3 is 0 Å². The van der Waals surface area contributed by atoms with Crippen molar-refractivity contribution in [2.75, 3.05) is 7.05 Å². The number of nitrogens with two attached hydrogens (primary N) is 1. The highest BCUT2D eigenvalue weighted by Crippen LogP contribution is 2.25. The molecule has 0 radical (unpaired) electrons. The molecule has 1 saturated carbocycles.